The van der Waals surface area contributed by atoms with Crippen LogP contribution in [0.3, 0.4) is 0 Å². The van der Waals surface area contributed by atoms with Gasteiger partial charge in [-0.25, -0.2) is 4.99 Å². The van der Waals surface area contributed by atoms with Crippen LogP contribution in [0.15, 0.2) is 46.0 Å². The van der Waals surface area contributed by atoms with Crippen molar-refractivity contribution in [1.29, 1.82) is 0 Å². The summed E-state index contributed by atoms with van der Waals surface area (Å²) in [4.78, 5) is 9.25. The number of rotatable bonds is 7. The molecule has 3 rings (SSSR count). The molecule has 142 valence electrons. The Kier molecular flexibility index (Phi) is 6.41. The normalized spacial score (nSPS) is 11.7. The minimum absolute atomic E-state index is 0.564. The van der Waals surface area contributed by atoms with Crippen molar-refractivity contribution < 1.29 is 4.52 Å². The fraction of sp³-hybridized carbons (Fsp3) is 0.381. The second kappa shape index (κ2) is 9.16. The van der Waals surface area contributed by atoms with Crippen LogP contribution < -0.4 is 10.6 Å². The van der Waals surface area contributed by atoms with Gasteiger partial charge in [-0.2, -0.15) is 0 Å². The van der Waals surface area contributed by atoms with E-state index in [2.05, 4.69) is 59.7 Å². The third kappa shape index (κ3) is 4.45. The van der Waals surface area contributed by atoms with Crippen LogP contribution in [0.5, 0.6) is 0 Å². The highest BCUT2D eigenvalue weighted by molar-refractivity contribution is 5.83. The molecule has 0 unspecified atom stereocenters. The Bertz CT molecular complexity index is 889. The monoisotopic (exact) mass is 365 g/mol. The van der Waals surface area contributed by atoms with E-state index in [-0.39, 0.29) is 0 Å². The van der Waals surface area contributed by atoms with Crippen LogP contribution in [0.2, 0.25) is 0 Å². The second-order valence-corrected chi connectivity index (χ2v) is 6.28. The first-order valence-corrected chi connectivity index (χ1v) is 9.57. The van der Waals surface area contributed by atoms with E-state index in [1.807, 2.05) is 18.3 Å². The van der Waals surface area contributed by atoms with E-state index in [9.17, 15) is 0 Å². The lowest BCUT2D eigenvalue weighted by Crippen LogP contribution is -2.37. The number of hydrogen-bond donors (Lipinski definition) is 2. The standard InChI is InChI=1S/C21H27N5O/c1-4-18-17(19(5-2)27-26-18)14-25-21(22-6-3)24-13-16-10-7-9-15-11-8-12-23-20(15)16/h7-12H,4-6,13-14H2,1-3H3,(H2,22,24,25). The van der Waals surface area contributed by atoms with E-state index in [0.29, 0.717) is 13.1 Å². The van der Waals surface area contributed by atoms with Crippen molar-refractivity contribution in [3.8, 4) is 0 Å². The Morgan fingerprint density at radius 1 is 1.07 bits per heavy atom. The Labute approximate surface area is 160 Å². The van der Waals surface area contributed by atoms with Crippen molar-refractivity contribution in [3.63, 3.8) is 0 Å². The van der Waals surface area contributed by atoms with Gasteiger partial charge >= 0.3 is 0 Å². The van der Waals surface area contributed by atoms with Crippen molar-refractivity contribution in [1.82, 2.24) is 20.8 Å². The summed E-state index contributed by atoms with van der Waals surface area (Å²) in [6.45, 7) is 8.24. The largest absolute Gasteiger partial charge is 0.361 e. The maximum Gasteiger partial charge on any atom is 0.191 e. The predicted molar refractivity (Wildman–Crippen MR) is 109 cm³/mol. The van der Waals surface area contributed by atoms with Crippen molar-refractivity contribution in [2.24, 2.45) is 4.99 Å². The fourth-order valence-electron chi connectivity index (χ4n) is 3.11. The van der Waals surface area contributed by atoms with E-state index >= 15 is 0 Å². The molecule has 2 heterocycles. The second-order valence-electron chi connectivity index (χ2n) is 6.28. The van der Waals surface area contributed by atoms with Crippen molar-refractivity contribution in [3.05, 3.63) is 59.1 Å². The van der Waals surface area contributed by atoms with Gasteiger partial charge in [0.15, 0.2) is 5.96 Å². The Morgan fingerprint density at radius 2 is 1.93 bits per heavy atom. The lowest BCUT2D eigenvalue weighted by Gasteiger charge is -2.12. The number of pyridine rings is 1. The summed E-state index contributed by atoms with van der Waals surface area (Å²) in [6, 6.07) is 10.2. The zero-order valence-corrected chi connectivity index (χ0v) is 16.2. The van der Waals surface area contributed by atoms with Gasteiger partial charge in [0.05, 0.1) is 17.8 Å². The molecule has 0 bridgehead atoms. The summed E-state index contributed by atoms with van der Waals surface area (Å²) in [7, 11) is 0. The number of aryl methyl sites for hydroxylation is 2. The third-order valence-electron chi connectivity index (χ3n) is 4.51. The highest BCUT2D eigenvalue weighted by atomic mass is 16.5. The average Bonchev–Trinajstić information content (AvgIpc) is 3.12. The lowest BCUT2D eigenvalue weighted by atomic mass is 10.1. The number of nitrogens with one attached hydrogen (secondary N) is 2. The molecule has 3 aromatic rings. The number of aliphatic imine (C=N–C) groups is 1. The van der Waals surface area contributed by atoms with Gasteiger partial charge in [-0.3, -0.25) is 4.98 Å². The molecule has 0 aliphatic carbocycles. The highest BCUT2D eigenvalue weighted by Crippen LogP contribution is 2.17. The summed E-state index contributed by atoms with van der Waals surface area (Å²) in [6.07, 6.45) is 3.51. The first-order chi connectivity index (χ1) is 13.3. The molecule has 0 amide bonds. The summed E-state index contributed by atoms with van der Waals surface area (Å²) < 4.78 is 5.45. The molecule has 2 aromatic heterocycles. The molecule has 1 aromatic carbocycles. The SMILES string of the molecule is CCNC(=NCc1cccc2cccnc12)NCc1c(CC)noc1CC. The molecule has 0 atom stereocenters. The van der Waals surface area contributed by atoms with Crippen LogP contribution >= 0.6 is 0 Å². The van der Waals surface area contributed by atoms with Crippen LogP contribution in [0.25, 0.3) is 10.9 Å². The Morgan fingerprint density at radius 3 is 2.70 bits per heavy atom. The Balaban J connectivity index is 1.76. The van der Waals surface area contributed by atoms with Gasteiger partial charge in [-0.1, -0.05) is 43.3 Å². The van der Waals surface area contributed by atoms with Crippen LogP contribution in [0.4, 0.5) is 0 Å². The van der Waals surface area contributed by atoms with E-state index in [1.54, 1.807) is 0 Å². The van der Waals surface area contributed by atoms with Crippen molar-refractivity contribution in [2.75, 3.05) is 6.54 Å². The molecule has 0 radical (unpaired) electrons. The van der Waals surface area contributed by atoms with Crippen LogP contribution in [-0.2, 0) is 25.9 Å². The fourth-order valence-corrected chi connectivity index (χ4v) is 3.11. The minimum atomic E-state index is 0.564. The van der Waals surface area contributed by atoms with E-state index in [0.717, 1.165) is 58.8 Å². The number of para-hydroxylation sites is 1. The maximum absolute atomic E-state index is 5.45. The molecule has 2 N–H and O–H groups in total. The molecule has 0 saturated heterocycles. The first kappa shape index (κ1) is 18.9. The lowest BCUT2D eigenvalue weighted by molar-refractivity contribution is 0.380. The number of fused-ring (bicyclic) bond motifs is 1. The van der Waals surface area contributed by atoms with Gasteiger partial charge < -0.3 is 15.2 Å². The molecule has 0 aliphatic heterocycles. The van der Waals surface area contributed by atoms with Gasteiger partial charge in [-0.05, 0) is 25.0 Å². The summed E-state index contributed by atoms with van der Waals surface area (Å²) in [5, 5.41) is 12.0. The number of aromatic nitrogens is 2. The van der Waals surface area contributed by atoms with Gasteiger partial charge in [0, 0.05) is 36.7 Å². The number of benzene rings is 1. The van der Waals surface area contributed by atoms with E-state index < -0.39 is 0 Å². The molecule has 0 spiro atoms. The molecule has 0 aliphatic rings. The number of hydrogen-bond acceptors (Lipinski definition) is 4. The summed E-state index contributed by atoms with van der Waals surface area (Å²) >= 11 is 0. The van der Waals surface area contributed by atoms with Gasteiger partial charge in [0.2, 0.25) is 0 Å². The average molecular weight is 365 g/mol. The third-order valence-corrected chi connectivity index (χ3v) is 4.51. The molecular formula is C21H27N5O. The van der Waals surface area contributed by atoms with E-state index in [1.165, 1.54) is 0 Å². The quantitative estimate of drug-likeness (QED) is 0.494. The van der Waals surface area contributed by atoms with Gasteiger partial charge in [0.1, 0.15) is 5.76 Å². The number of nitrogens with zero attached hydrogens (tertiary/aromatic N) is 3. The van der Waals surface area contributed by atoms with E-state index in [4.69, 9.17) is 9.52 Å². The minimum Gasteiger partial charge on any atom is -0.361 e. The molecule has 27 heavy (non-hydrogen) atoms. The molecule has 6 heteroatoms. The molecule has 0 saturated carbocycles. The van der Waals surface area contributed by atoms with Crippen LogP contribution in [0, 0.1) is 0 Å². The van der Waals surface area contributed by atoms with Crippen LogP contribution in [-0.4, -0.2) is 22.6 Å². The smallest absolute Gasteiger partial charge is 0.191 e. The predicted octanol–water partition coefficient (Wildman–Crippen LogP) is 3.60. The van der Waals surface area contributed by atoms with Gasteiger partial charge in [0.25, 0.3) is 0 Å². The summed E-state index contributed by atoms with van der Waals surface area (Å²) in [5.74, 6) is 1.71. The molecule has 6 nitrogen and oxygen atoms in total. The zero-order valence-electron chi connectivity index (χ0n) is 16.2. The van der Waals surface area contributed by atoms with Crippen LogP contribution in [0.1, 0.15) is 43.4 Å². The topological polar surface area (TPSA) is 75.3 Å². The molecule has 0 fully saturated rings. The summed E-state index contributed by atoms with van der Waals surface area (Å²) in [5.41, 5.74) is 4.25. The van der Waals surface area contributed by atoms with Crippen molar-refractivity contribution >= 4 is 16.9 Å². The van der Waals surface area contributed by atoms with Crippen molar-refractivity contribution in [2.45, 2.75) is 46.7 Å². The van der Waals surface area contributed by atoms with Gasteiger partial charge in [-0.15, -0.1) is 0 Å². The first-order valence-electron chi connectivity index (χ1n) is 9.57. The number of guanidine groups is 1. The maximum atomic E-state index is 5.45. The highest BCUT2D eigenvalue weighted by Gasteiger charge is 2.13. The zero-order chi connectivity index (χ0) is 19.1. The Hall–Kier alpha value is -2.89. The molecular weight excluding hydrogens is 338 g/mol.